The maximum absolute atomic E-state index is 11.0. The zero-order valence-electron chi connectivity index (χ0n) is 15.6. The highest BCUT2D eigenvalue weighted by Gasteiger charge is 2.18. The van der Waals surface area contributed by atoms with Crippen molar-refractivity contribution >= 4 is 38.1 Å². The van der Waals surface area contributed by atoms with E-state index in [0.717, 1.165) is 19.0 Å². The summed E-state index contributed by atoms with van der Waals surface area (Å²) in [7, 11) is 1.00. The van der Waals surface area contributed by atoms with Crippen LogP contribution in [-0.4, -0.2) is 23.6 Å². The summed E-state index contributed by atoms with van der Waals surface area (Å²) in [5, 5.41) is 17.6. The molecule has 5 nitrogen and oxygen atoms in total. The molecule has 0 aliphatic rings. The lowest BCUT2D eigenvalue weighted by Gasteiger charge is -2.16. The van der Waals surface area contributed by atoms with Crippen LogP contribution >= 0.6 is 31.9 Å². The molecule has 0 aliphatic heterocycles. The molecule has 28 heavy (non-hydrogen) atoms. The van der Waals surface area contributed by atoms with E-state index < -0.39 is 0 Å². The van der Waals surface area contributed by atoms with Crippen LogP contribution < -0.4 is 4.74 Å². The number of aliphatic hydroxyl groups excluding tert-OH is 1. The molecule has 148 valence electrons. The molecule has 0 saturated heterocycles. The van der Waals surface area contributed by atoms with Crippen molar-refractivity contribution in [2.45, 2.75) is 19.8 Å². The van der Waals surface area contributed by atoms with E-state index in [0.29, 0.717) is 37.3 Å². The van der Waals surface area contributed by atoms with Crippen molar-refractivity contribution in [3.8, 4) is 28.6 Å². The zero-order valence-corrected chi connectivity index (χ0v) is 18.7. The van der Waals surface area contributed by atoms with Gasteiger partial charge in [0, 0.05) is 18.2 Å². The molecule has 0 amide bonds. The summed E-state index contributed by atoms with van der Waals surface area (Å²) in [6.45, 7) is 3.99. The summed E-state index contributed by atoms with van der Waals surface area (Å²) in [5.41, 5.74) is 1.85. The highest BCUT2D eigenvalue weighted by molar-refractivity contribution is 9.11. The standard InChI is InChI=1S/C20H16Br2O4.CH4O/c1-11(2)14-8-13(9-15(19(14)24)18-4-3-5-25-18)26-20-16(21)6-12(10-23)7-17(20)22;1-2/h3-11,24H,1-2H3;2H,1H3. The number of rotatable bonds is 5. The molecular formula is C21H20Br2O5. The number of carbonyl (C=O) groups is 1. The molecule has 3 rings (SSSR count). The Morgan fingerprint density at radius 3 is 2.25 bits per heavy atom. The van der Waals surface area contributed by atoms with Crippen LogP contribution in [0.5, 0.6) is 17.2 Å². The highest BCUT2D eigenvalue weighted by Crippen LogP contribution is 2.43. The number of aldehydes is 1. The van der Waals surface area contributed by atoms with Crippen molar-refractivity contribution in [1.29, 1.82) is 0 Å². The van der Waals surface area contributed by atoms with E-state index in [4.69, 9.17) is 14.3 Å². The minimum Gasteiger partial charge on any atom is -0.507 e. The third kappa shape index (κ3) is 4.84. The fraction of sp³-hybridized carbons (Fsp3) is 0.190. The molecule has 0 fully saturated rings. The van der Waals surface area contributed by atoms with Gasteiger partial charge in [0.2, 0.25) is 0 Å². The van der Waals surface area contributed by atoms with Crippen molar-refractivity contribution in [2.24, 2.45) is 0 Å². The summed E-state index contributed by atoms with van der Waals surface area (Å²) in [6.07, 6.45) is 2.33. The number of phenols is 1. The molecule has 0 spiro atoms. The van der Waals surface area contributed by atoms with Crippen molar-refractivity contribution in [3.63, 3.8) is 0 Å². The Hall–Kier alpha value is -2.09. The molecule has 0 saturated carbocycles. The Morgan fingerprint density at radius 1 is 1.11 bits per heavy atom. The van der Waals surface area contributed by atoms with Crippen LogP contribution in [-0.2, 0) is 0 Å². The van der Waals surface area contributed by atoms with Crippen LogP contribution in [0, 0.1) is 0 Å². The predicted octanol–water partition coefficient (Wildman–Crippen LogP) is 6.51. The zero-order chi connectivity index (χ0) is 20.8. The molecule has 1 heterocycles. The lowest BCUT2D eigenvalue weighted by atomic mass is 9.97. The first-order valence-corrected chi connectivity index (χ1v) is 9.97. The number of hydrogen-bond donors (Lipinski definition) is 2. The van der Waals surface area contributed by atoms with Crippen molar-refractivity contribution in [2.75, 3.05) is 7.11 Å². The van der Waals surface area contributed by atoms with Gasteiger partial charge in [-0.2, -0.15) is 0 Å². The van der Waals surface area contributed by atoms with E-state index in [1.54, 1.807) is 42.7 Å². The molecule has 0 radical (unpaired) electrons. The normalized spacial score (nSPS) is 10.4. The Bertz CT molecular complexity index is 927. The molecule has 2 aromatic carbocycles. The maximum atomic E-state index is 11.0. The topological polar surface area (TPSA) is 79.9 Å². The van der Waals surface area contributed by atoms with Gasteiger partial charge in [0.05, 0.1) is 20.8 Å². The third-order valence-electron chi connectivity index (χ3n) is 3.90. The summed E-state index contributed by atoms with van der Waals surface area (Å²) >= 11 is 6.87. The Balaban J connectivity index is 0.00000136. The fourth-order valence-corrected chi connectivity index (χ4v) is 3.99. The SMILES string of the molecule is CC(C)c1cc(Oc2c(Br)cc(C=O)cc2Br)cc(-c2ccco2)c1O.CO. The van der Waals surface area contributed by atoms with Crippen molar-refractivity contribution in [3.05, 3.63) is 62.7 Å². The molecular weight excluding hydrogens is 492 g/mol. The minimum atomic E-state index is 0.0941. The number of carbonyl (C=O) groups excluding carboxylic acids is 1. The van der Waals surface area contributed by atoms with E-state index in [9.17, 15) is 9.90 Å². The number of aromatic hydroxyl groups is 1. The van der Waals surface area contributed by atoms with Crippen LogP contribution in [0.15, 0.2) is 56.0 Å². The molecule has 3 aromatic rings. The van der Waals surface area contributed by atoms with E-state index in [-0.39, 0.29) is 11.7 Å². The average Bonchev–Trinajstić information content (AvgIpc) is 3.21. The van der Waals surface area contributed by atoms with Crippen LogP contribution in [0.1, 0.15) is 35.7 Å². The summed E-state index contributed by atoms with van der Waals surface area (Å²) in [6, 6.07) is 10.5. The van der Waals surface area contributed by atoms with Crippen LogP contribution in [0.3, 0.4) is 0 Å². The van der Waals surface area contributed by atoms with Gasteiger partial charge in [-0.15, -0.1) is 0 Å². The Kier molecular flexibility index (Phi) is 7.86. The molecule has 1 aromatic heterocycles. The van der Waals surface area contributed by atoms with Crippen molar-refractivity contribution in [1.82, 2.24) is 0 Å². The van der Waals surface area contributed by atoms with Gasteiger partial charge in [-0.1, -0.05) is 13.8 Å². The number of phenolic OH excluding ortho intramolecular Hbond substituents is 1. The molecule has 0 bridgehead atoms. The smallest absolute Gasteiger partial charge is 0.155 e. The quantitative estimate of drug-likeness (QED) is 0.381. The first-order valence-electron chi connectivity index (χ1n) is 8.38. The maximum Gasteiger partial charge on any atom is 0.155 e. The van der Waals surface area contributed by atoms with Crippen LogP contribution in [0.2, 0.25) is 0 Å². The number of hydrogen-bond acceptors (Lipinski definition) is 5. The van der Waals surface area contributed by atoms with Gasteiger partial charge in [0.1, 0.15) is 23.5 Å². The Labute approximate surface area is 180 Å². The van der Waals surface area contributed by atoms with Gasteiger partial charge in [-0.05, 0) is 74.2 Å². The van der Waals surface area contributed by atoms with Crippen molar-refractivity contribution < 1.29 is 24.2 Å². The Morgan fingerprint density at radius 2 is 1.75 bits per heavy atom. The molecule has 0 atom stereocenters. The van der Waals surface area contributed by atoms with E-state index in [1.807, 2.05) is 13.8 Å². The minimum absolute atomic E-state index is 0.0941. The fourth-order valence-electron chi connectivity index (χ4n) is 2.61. The summed E-state index contributed by atoms with van der Waals surface area (Å²) < 4.78 is 12.8. The van der Waals surface area contributed by atoms with E-state index in [2.05, 4.69) is 31.9 Å². The number of benzene rings is 2. The first kappa shape index (κ1) is 22.2. The third-order valence-corrected chi connectivity index (χ3v) is 5.08. The molecule has 2 N–H and O–H groups in total. The van der Waals surface area contributed by atoms with Gasteiger partial charge >= 0.3 is 0 Å². The largest absolute Gasteiger partial charge is 0.507 e. The van der Waals surface area contributed by atoms with Gasteiger partial charge in [0.25, 0.3) is 0 Å². The van der Waals surface area contributed by atoms with E-state index >= 15 is 0 Å². The lowest BCUT2D eigenvalue weighted by molar-refractivity contribution is 0.112. The number of halogens is 2. The molecule has 0 unspecified atom stereocenters. The second kappa shape index (κ2) is 9.91. The van der Waals surface area contributed by atoms with Gasteiger partial charge in [-0.3, -0.25) is 4.79 Å². The average molecular weight is 512 g/mol. The molecule has 7 heteroatoms. The second-order valence-electron chi connectivity index (χ2n) is 6.07. The van der Waals surface area contributed by atoms with Crippen LogP contribution in [0.4, 0.5) is 0 Å². The number of furan rings is 1. The monoisotopic (exact) mass is 510 g/mol. The van der Waals surface area contributed by atoms with Gasteiger partial charge < -0.3 is 19.4 Å². The van der Waals surface area contributed by atoms with Crippen LogP contribution in [0.25, 0.3) is 11.3 Å². The lowest BCUT2D eigenvalue weighted by Crippen LogP contribution is -1.95. The van der Waals surface area contributed by atoms with Gasteiger partial charge in [0.15, 0.2) is 5.75 Å². The highest BCUT2D eigenvalue weighted by atomic mass is 79.9. The summed E-state index contributed by atoms with van der Waals surface area (Å²) in [4.78, 5) is 11.0. The first-order chi connectivity index (χ1) is 13.4. The number of ether oxygens (including phenoxy) is 1. The second-order valence-corrected chi connectivity index (χ2v) is 7.78. The van der Waals surface area contributed by atoms with Gasteiger partial charge in [-0.25, -0.2) is 0 Å². The summed E-state index contributed by atoms with van der Waals surface area (Å²) in [5.74, 6) is 1.93. The van der Waals surface area contributed by atoms with E-state index in [1.165, 1.54) is 0 Å². The molecule has 0 aliphatic carbocycles. The number of aliphatic hydroxyl groups is 1. The predicted molar refractivity (Wildman–Crippen MR) is 115 cm³/mol.